The lowest BCUT2D eigenvalue weighted by Crippen LogP contribution is -2.24. The van der Waals surface area contributed by atoms with Gasteiger partial charge in [0.25, 0.3) is 0 Å². The Kier molecular flexibility index (Phi) is 9.34. The number of rotatable bonds is 12. The number of nitrogen functional groups attached to an aromatic ring is 1. The maximum Gasteiger partial charge on any atom is 0.239 e. The van der Waals surface area contributed by atoms with Gasteiger partial charge in [-0.25, -0.2) is 23.2 Å². The standard InChI is InChI=1S/C33H32N8O5S2/c1-45-23-12-6-20(7-13-23)18-36-28(42)17-11-22-10-16-25(26-4-3-5-27-30(26)37-33(34)47-27)29(31(22)48(35,43)44)32-38-39-40-41(32)19-21-8-14-24(46-2)15-9-21/h3-10,12-16H,11,17-19H2,1-2H3,(H2,34,37)(H,36,42)(H2,35,43,44). The zero-order chi connectivity index (χ0) is 33.8. The number of ether oxygens (including phenoxy) is 2. The number of tetrazole rings is 1. The number of methoxy groups -OCH3 is 2. The van der Waals surface area contributed by atoms with Crippen LogP contribution in [0.5, 0.6) is 11.5 Å². The fourth-order valence-electron chi connectivity index (χ4n) is 5.45. The van der Waals surface area contributed by atoms with Crippen molar-refractivity contribution in [2.75, 3.05) is 20.0 Å². The highest BCUT2D eigenvalue weighted by Gasteiger charge is 2.29. The number of carbonyl (C=O) groups is 1. The Bertz CT molecular complexity index is 2200. The molecule has 15 heteroatoms. The lowest BCUT2D eigenvalue weighted by Gasteiger charge is -2.18. The van der Waals surface area contributed by atoms with Crippen LogP contribution in [0.15, 0.2) is 83.8 Å². The smallest absolute Gasteiger partial charge is 0.239 e. The summed E-state index contributed by atoms with van der Waals surface area (Å²) in [6, 6.07) is 23.7. The summed E-state index contributed by atoms with van der Waals surface area (Å²) in [5.74, 6) is 1.31. The van der Waals surface area contributed by atoms with Crippen molar-refractivity contribution >= 4 is 42.6 Å². The van der Waals surface area contributed by atoms with Gasteiger partial charge in [0.2, 0.25) is 15.9 Å². The van der Waals surface area contributed by atoms with E-state index in [4.69, 9.17) is 20.3 Å². The molecule has 0 saturated heterocycles. The minimum atomic E-state index is -4.39. The minimum Gasteiger partial charge on any atom is -0.497 e. The van der Waals surface area contributed by atoms with Crippen molar-refractivity contribution in [1.82, 2.24) is 30.5 Å². The highest BCUT2D eigenvalue weighted by molar-refractivity contribution is 7.89. The van der Waals surface area contributed by atoms with Gasteiger partial charge >= 0.3 is 0 Å². The predicted molar refractivity (Wildman–Crippen MR) is 183 cm³/mol. The molecular formula is C33H32N8O5S2. The summed E-state index contributed by atoms with van der Waals surface area (Å²) in [5.41, 5.74) is 10.1. The molecule has 2 aromatic heterocycles. The molecule has 2 heterocycles. The molecule has 0 aliphatic heterocycles. The van der Waals surface area contributed by atoms with E-state index in [-0.39, 0.29) is 41.6 Å². The van der Waals surface area contributed by atoms with Crippen LogP contribution >= 0.6 is 11.3 Å². The second-order valence-corrected chi connectivity index (χ2v) is 13.4. The SMILES string of the molecule is COc1ccc(CNC(=O)CCc2ccc(-c3cccc4sc(N)nc34)c(-c3nnnn3Cc3ccc(OC)cc3)c2S(N)(=O)=O)cc1. The molecule has 1 amide bonds. The number of nitrogens with zero attached hydrogens (tertiary/aromatic N) is 5. The third-order valence-corrected chi connectivity index (χ3v) is 9.65. The van der Waals surface area contributed by atoms with Gasteiger partial charge in [-0.2, -0.15) is 0 Å². The lowest BCUT2D eigenvalue weighted by atomic mass is 9.94. The number of fused-ring (bicyclic) bond motifs is 1. The van der Waals surface area contributed by atoms with Gasteiger partial charge in [-0.15, -0.1) is 5.10 Å². The largest absolute Gasteiger partial charge is 0.497 e. The number of carbonyl (C=O) groups excluding carboxylic acids is 1. The third kappa shape index (κ3) is 6.97. The number of nitrogens with two attached hydrogens (primary N) is 2. The first-order valence-electron chi connectivity index (χ1n) is 14.8. The van der Waals surface area contributed by atoms with E-state index in [2.05, 4.69) is 25.8 Å². The maximum atomic E-state index is 13.5. The van der Waals surface area contributed by atoms with Crippen molar-refractivity contribution in [3.63, 3.8) is 0 Å². The highest BCUT2D eigenvalue weighted by atomic mass is 32.2. The number of amides is 1. The molecule has 0 bridgehead atoms. The Labute approximate surface area is 280 Å². The van der Waals surface area contributed by atoms with Crippen molar-refractivity contribution in [1.29, 1.82) is 0 Å². The number of para-hydroxylation sites is 1. The predicted octanol–water partition coefficient (Wildman–Crippen LogP) is 4.16. The molecule has 0 atom stereocenters. The topological polar surface area (TPSA) is 190 Å². The van der Waals surface area contributed by atoms with Crippen LogP contribution in [0, 0.1) is 0 Å². The van der Waals surface area contributed by atoms with Gasteiger partial charge in [0.15, 0.2) is 11.0 Å². The third-order valence-electron chi connectivity index (χ3n) is 7.77. The van der Waals surface area contributed by atoms with Crippen molar-refractivity contribution in [2.45, 2.75) is 30.8 Å². The molecular weight excluding hydrogens is 653 g/mol. The number of sulfonamides is 1. The number of hydrogen-bond donors (Lipinski definition) is 3. The van der Waals surface area contributed by atoms with E-state index in [1.54, 1.807) is 26.4 Å². The molecule has 5 N–H and O–H groups in total. The Morgan fingerprint density at radius 1 is 0.917 bits per heavy atom. The van der Waals surface area contributed by atoms with Gasteiger partial charge in [-0.05, 0) is 69.4 Å². The summed E-state index contributed by atoms with van der Waals surface area (Å²) in [6.07, 6.45) is 0.0911. The van der Waals surface area contributed by atoms with Gasteiger partial charge in [-0.3, -0.25) is 4.79 Å². The minimum absolute atomic E-state index is 0.00640. The Balaban J connectivity index is 1.42. The molecule has 0 aliphatic rings. The average molecular weight is 685 g/mol. The Morgan fingerprint density at radius 3 is 2.27 bits per heavy atom. The van der Waals surface area contributed by atoms with E-state index < -0.39 is 10.0 Å². The van der Waals surface area contributed by atoms with Crippen LogP contribution in [0.2, 0.25) is 0 Å². The molecule has 48 heavy (non-hydrogen) atoms. The second kappa shape index (κ2) is 13.8. The zero-order valence-electron chi connectivity index (χ0n) is 26.1. The number of aromatic nitrogens is 5. The Morgan fingerprint density at radius 2 is 1.60 bits per heavy atom. The van der Waals surface area contributed by atoms with E-state index in [9.17, 15) is 13.2 Å². The van der Waals surface area contributed by atoms with Gasteiger partial charge in [-0.1, -0.05) is 59.9 Å². The molecule has 6 aromatic rings. The maximum absolute atomic E-state index is 13.5. The molecule has 6 rings (SSSR count). The summed E-state index contributed by atoms with van der Waals surface area (Å²) in [6.45, 7) is 0.525. The number of thiazole rings is 1. The Hall–Kier alpha value is -5.38. The van der Waals surface area contributed by atoms with E-state index in [0.717, 1.165) is 15.8 Å². The van der Waals surface area contributed by atoms with Gasteiger partial charge < -0.3 is 20.5 Å². The van der Waals surface area contributed by atoms with Crippen LogP contribution in [0.3, 0.4) is 0 Å². The summed E-state index contributed by atoms with van der Waals surface area (Å²) < 4.78 is 39.8. The van der Waals surface area contributed by atoms with Crippen molar-refractivity contribution in [2.24, 2.45) is 5.14 Å². The number of hydrogen-bond acceptors (Lipinski definition) is 11. The molecule has 0 radical (unpaired) electrons. The van der Waals surface area contributed by atoms with Crippen molar-refractivity contribution in [3.05, 3.63) is 95.6 Å². The van der Waals surface area contributed by atoms with Crippen LogP contribution in [0.1, 0.15) is 23.1 Å². The van der Waals surface area contributed by atoms with Gasteiger partial charge in [0, 0.05) is 24.1 Å². The van der Waals surface area contributed by atoms with Crippen molar-refractivity contribution in [3.8, 4) is 34.0 Å². The molecule has 246 valence electrons. The lowest BCUT2D eigenvalue weighted by molar-refractivity contribution is -0.121. The van der Waals surface area contributed by atoms with Crippen LogP contribution < -0.4 is 25.7 Å². The van der Waals surface area contributed by atoms with Crippen LogP contribution in [-0.2, 0) is 34.3 Å². The van der Waals surface area contributed by atoms with Gasteiger partial charge in [0.1, 0.15) is 11.5 Å². The quantitative estimate of drug-likeness (QED) is 0.169. The number of aryl methyl sites for hydroxylation is 1. The first-order valence-corrected chi connectivity index (χ1v) is 17.1. The fourth-order valence-corrected chi connectivity index (χ4v) is 7.23. The molecule has 4 aromatic carbocycles. The summed E-state index contributed by atoms with van der Waals surface area (Å²) in [5, 5.41) is 21.6. The fraction of sp³-hybridized carbons (Fsp3) is 0.182. The number of primary sulfonamides is 1. The summed E-state index contributed by atoms with van der Waals surface area (Å²) in [7, 11) is -1.22. The summed E-state index contributed by atoms with van der Waals surface area (Å²) >= 11 is 1.32. The second-order valence-electron chi connectivity index (χ2n) is 10.9. The molecule has 0 saturated carbocycles. The molecule has 0 fully saturated rings. The highest BCUT2D eigenvalue weighted by Crippen LogP contribution is 2.41. The van der Waals surface area contributed by atoms with Crippen LogP contribution in [-0.4, -0.2) is 53.7 Å². The monoisotopic (exact) mass is 684 g/mol. The number of nitrogens with one attached hydrogen (secondary N) is 1. The van der Waals surface area contributed by atoms with Crippen LogP contribution in [0.4, 0.5) is 5.13 Å². The number of benzene rings is 4. The molecule has 0 unspecified atom stereocenters. The van der Waals surface area contributed by atoms with Crippen LogP contribution in [0.25, 0.3) is 32.7 Å². The van der Waals surface area contributed by atoms with E-state index in [1.165, 1.54) is 16.0 Å². The molecule has 13 nitrogen and oxygen atoms in total. The average Bonchev–Trinajstić information content (AvgIpc) is 3.71. The normalized spacial score (nSPS) is 11.5. The first-order chi connectivity index (χ1) is 23.1. The van der Waals surface area contributed by atoms with E-state index >= 15 is 0 Å². The first kappa shape index (κ1) is 32.6. The molecule has 0 spiro atoms. The number of anilines is 1. The van der Waals surface area contributed by atoms with E-state index in [1.807, 2.05) is 66.7 Å². The summed E-state index contributed by atoms with van der Waals surface area (Å²) in [4.78, 5) is 17.3. The molecule has 0 aliphatic carbocycles. The van der Waals surface area contributed by atoms with E-state index in [0.29, 0.717) is 45.4 Å². The van der Waals surface area contributed by atoms with Gasteiger partial charge in [0.05, 0.1) is 35.9 Å². The van der Waals surface area contributed by atoms with Crippen molar-refractivity contribution < 1.29 is 22.7 Å². The zero-order valence-corrected chi connectivity index (χ0v) is 27.7.